The predicted octanol–water partition coefficient (Wildman–Crippen LogP) is 5.13. The van der Waals surface area contributed by atoms with Crippen molar-refractivity contribution in [2.75, 3.05) is 14.1 Å². The van der Waals surface area contributed by atoms with Crippen LogP contribution in [-0.2, 0) is 16.1 Å². The van der Waals surface area contributed by atoms with Gasteiger partial charge >= 0.3 is 5.97 Å². The summed E-state index contributed by atoms with van der Waals surface area (Å²) in [7, 11) is 4.03. The average molecular weight is 411 g/mol. The molecule has 0 spiro atoms. The molecule has 0 amide bonds. The lowest BCUT2D eigenvalue weighted by molar-refractivity contribution is -0.147. The van der Waals surface area contributed by atoms with Gasteiger partial charge in [-0.1, -0.05) is 30.3 Å². The van der Waals surface area contributed by atoms with E-state index in [1.165, 1.54) is 24.8 Å². The van der Waals surface area contributed by atoms with Gasteiger partial charge in [-0.05, 0) is 44.4 Å². The summed E-state index contributed by atoms with van der Waals surface area (Å²) in [4.78, 5) is 15.1. The van der Waals surface area contributed by atoms with Crippen molar-refractivity contribution in [1.29, 1.82) is 0 Å². The van der Waals surface area contributed by atoms with Gasteiger partial charge in [-0.2, -0.15) is 0 Å². The fraction of sp³-hybridized carbons (Fsp3) is 0.261. The summed E-state index contributed by atoms with van der Waals surface area (Å²) in [5.41, 5.74) is 3.49. The van der Waals surface area contributed by atoms with Crippen LogP contribution in [0.15, 0.2) is 65.6 Å². The number of para-hydroxylation sites is 1. The maximum Gasteiger partial charge on any atom is 0.303 e. The molecule has 4 nitrogen and oxygen atoms in total. The number of aromatic nitrogens is 1. The second kappa shape index (κ2) is 8.05. The summed E-state index contributed by atoms with van der Waals surface area (Å²) in [6, 6.07) is 18.8. The van der Waals surface area contributed by atoms with E-state index in [-0.39, 0.29) is 11.8 Å². The fourth-order valence-corrected chi connectivity index (χ4v) is 5.14. The van der Waals surface area contributed by atoms with E-state index in [0.717, 1.165) is 28.5 Å². The number of benzene rings is 2. The number of halogens is 1. The van der Waals surface area contributed by atoms with Gasteiger partial charge in [0, 0.05) is 29.6 Å². The van der Waals surface area contributed by atoms with Crippen LogP contribution in [0.5, 0.6) is 0 Å². The molecule has 0 saturated heterocycles. The van der Waals surface area contributed by atoms with Gasteiger partial charge < -0.3 is 14.2 Å². The highest BCUT2D eigenvalue weighted by atomic mass is 32.2. The molecule has 3 aromatic rings. The molecule has 6 heteroatoms. The highest BCUT2D eigenvalue weighted by molar-refractivity contribution is 7.99. The number of esters is 1. The van der Waals surface area contributed by atoms with Crippen LogP contribution in [0, 0.1) is 5.82 Å². The molecule has 150 valence electrons. The van der Waals surface area contributed by atoms with Gasteiger partial charge in [0.15, 0.2) is 6.10 Å². The lowest BCUT2D eigenvalue weighted by Crippen LogP contribution is -2.19. The third-order valence-corrected chi connectivity index (χ3v) is 6.26. The van der Waals surface area contributed by atoms with Crippen molar-refractivity contribution in [3.63, 3.8) is 0 Å². The molecule has 0 radical (unpaired) electrons. The van der Waals surface area contributed by atoms with Crippen LogP contribution in [0.2, 0.25) is 0 Å². The van der Waals surface area contributed by atoms with E-state index in [2.05, 4.69) is 21.6 Å². The summed E-state index contributed by atoms with van der Waals surface area (Å²) < 4.78 is 22.7. The fourth-order valence-electron chi connectivity index (χ4n) is 3.79. The SMILES string of the molecule is CC(=O)O[C@@H]1c2ccc(CN(C)C)n2-c2ccccc2S[C@@H]1c1ccccc1F. The molecule has 4 rings (SSSR count). The van der Waals surface area contributed by atoms with Crippen molar-refractivity contribution in [2.45, 2.75) is 29.7 Å². The molecule has 1 aliphatic heterocycles. The van der Waals surface area contributed by atoms with E-state index >= 15 is 0 Å². The number of hydrogen-bond donors (Lipinski definition) is 0. The minimum atomic E-state index is -0.613. The number of nitrogens with zero attached hydrogens (tertiary/aromatic N) is 2. The molecule has 1 aromatic heterocycles. The Balaban J connectivity index is 1.95. The van der Waals surface area contributed by atoms with E-state index in [0.29, 0.717) is 5.56 Å². The first-order chi connectivity index (χ1) is 14.0. The van der Waals surface area contributed by atoms with E-state index in [1.54, 1.807) is 12.1 Å². The summed E-state index contributed by atoms with van der Waals surface area (Å²) in [6.45, 7) is 2.13. The summed E-state index contributed by atoms with van der Waals surface area (Å²) in [5, 5.41) is -0.399. The van der Waals surface area contributed by atoms with E-state index < -0.39 is 11.4 Å². The molecule has 0 fully saturated rings. The number of hydrogen-bond acceptors (Lipinski definition) is 4. The van der Waals surface area contributed by atoms with Crippen molar-refractivity contribution in [3.05, 3.63) is 83.4 Å². The smallest absolute Gasteiger partial charge is 0.303 e. The zero-order chi connectivity index (χ0) is 20.5. The van der Waals surface area contributed by atoms with Gasteiger partial charge in [-0.3, -0.25) is 4.79 Å². The molecule has 0 saturated carbocycles. The highest BCUT2D eigenvalue weighted by Gasteiger charge is 2.37. The average Bonchev–Trinajstić information content (AvgIpc) is 3.02. The van der Waals surface area contributed by atoms with Crippen LogP contribution in [0.25, 0.3) is 5.69 Å². The van der Waals surface area contributed by atoms with Crippen molar-refractivity contribution in [1.82, 2.24) is 9.47 Å². The third kappa shape index (κ3) is 3.82. The van der Waals surface area contributed by atoms with Crippen LogP contribution in [0.3, 0.4) is 0 Å². The molecule has 29 heavy (non-hydrogen) atoms. The second-order valence-electron chi connectivity index (χ2n) is 7.38. The van der Waals surface area contributed by atoms with Crippen LogP contribution >= 0.6 is 11.8 Å². The van der Waals surface area contributed by atoms with Gasteiger partial charge in [0.05, 0.1) is 16.6 Å². The summed E-state index contributed by atoms with van der Waals surface area (Å²) in [5.74, 6) is -0.682. The van der Waals surface area contributed by atoms with Crippen LogP contribution in [0.1, 0.15) is 35.2 Å². The van der Waals surface area contributed by atoms with Crippen molar-refractivity contribution < 1.29 is 13.9 Å². The quantitative estimate of drug-likeness (QED) is 0.559. The predicted molar refractivity (Wildman–Crippen MR) is 113 cm³/mol. The van der Waals surface area contributed by atoms with E-state index in [9.17, 15) is 9.18 Å². The first-order valence-corrected chi connectivity index (χ1v) is 10.4. The molecule has 0 bridgehead atoms. The molecule has 0 unspecified atom stereocenters. The van der Waals surface area contributed by atoms with E-state index in [4.69, 9.17) is 4.74 Å². The first kappa shape index (κ1) is 19.7. The standard InChI is InChI=1S/C23H23FN2O2S/c1-15(27)28-22-20-13-12-16(14-25(2)3)26(20)19-10-6-7-11-21(19)29-23(22)17-8-4-5-9-18(17)24/h4-13,22-23H,14H2,1-3H3/t22-,23-/m1/s1. The summed E-state index contributed by atoms with van der Waals surface area (Å²) in [6.07, 6.45) is -0.613. The molecule has 1 aliphatic rings. The Bertz CT molecular complexity index is 1050. The Kier molecular flexibility index (Phi) is 5.48. The normalized spacial score (nSPS) is 18.1. The van der Waals surface area contributed by atoms with Gasteiger partial charge in [0.25, 0.3) is 0 Å². The first-order valence-electron chi connectivity index (χ1n) is 9.48. The summed E-state index contributed by atoms with van der Waals surface area (Å²) >= 11 is 1.53. The molecule has 0 N–H and O–H groups in total. The highest BCUT2D eigenvalue weighted by Crippen LogP contribution is 2.51. The van der Waals surface area contributed by atoms with Crippen molar-refractivity contribution >= 4 is 17.7 Å². The Morgan fingerprint density at radius 2 is 1.83 bits per heavy atom. The minimum absolute atomic E-state index is 0.298. The van der Waals surface area contributed by atoms with E-state index in [1.807, 2.05) is 44.4 Å². The number of carbonyl (C=O) groups is 1. The van der Waals surface area contributed by atoms with Crippen molar-refractivity contribution in [3.8, 4) is 5.69 Å². The third-order valence-electron chi connectivity index (χ3n) is 4.90. The minimum Gasteiger partial charge on any atom is -0.455 e. The van der Waals surface area contributed by atoms with Gasteiger partial charge in [-0.15, -0.1) is 11.8 Å². The van der Waals surface area contributed by atoms with Crippen LogP contribution in [0.4, 0.5) is 4.39 Å². The molecular formula is C23H23FN2O2S. The topological polar surface area (TPSA) is 34.5 Å². The maximum absolute atomic E-state index is 14.8. The Hall–Kier alpha value is -2.57. The van der Waals surface area contributed by atoms with Crippen LogP contribution in [-0.4, -0.2) is 29.5 Å². The largest absolute Gasteiger partial charge is 0.455 e. The van der Waals surface area contributed by atoms with Gasteiger partial charge in [-0.25, -0.2) is 4.39 Å². The molecule has 0 aliphatic carbocycles. The molecule has 2 aromatic carbocycles. The number of ether oxygens (including phenoxy) is 1. The number of fused-ring (bicyclic) bond motifs is 3. The maximum atomic E-state index is 14.8. The number of thioether (sulfide) groups is 1. The second-order valence-corrected chi connectivity index (χ2v) is 8.56. The Morgan fingerprint density at radius 3 is 2.55 bits per heavy atom. The van der Waals surface area contributed by atoms with Crippen molar-refractivity contribution in [2.24, 2.45) is 0 Å². The Morgan fingerprint density at radius 1 is 1.10 bits per heavy atom. The lowest BCUT2D eigenvalue weighted by atomic mass is 10.0. The number of carbonyl (C=O) groups excluding carboxylic acids is 1. The molecule has 2 heterocycles. The number of rotatable bonds is 4. The molecular weight excluding hydrogens is 387 g/mol. The zero-order valence-corrected chi connectivity index (χ0v) is 17.4. The van der Waals surface area contributed by atoms with Gasteiger partial charge in [0.1, 0.15) is 5.82 Å². The van der Waals surface area contributed by atoms with Crippen LogP contribution < -0.4 is 0 Å². The molecule has 2 atom stereocenters. The van der Waals surface area contributed by atoms with Gasteiger partial charge in [0.2, 0.25) is 0 Å². The monoisotopic (exact) mass is 410 g/mol. The zero-order valence-electron chi connectivity index (χ0n) is 16.6. The lowest BCUT2D eigenvalue weighted by Gasteiger charge is -2.25. The Labute approximate surface area is 174 Å².